The maximum atomic E-state index is 12.8. The summed E-state index contributed by atoms with van der Waals surface area (Å²) in [7, 11) is 1.66. The Morgan fingerprint density at radius 3 is 2.28 bits per heavy atom. The van der Waals surface area contributed by atoms with E-state index in [1.165, 1.54) is 5.56 Å². The van der Waals surface area contributed by atoms with Gasteiger partial charge in [-0.05, 0) is 37.0 Å². The fraction of sp³-hybridized carbons (Fsp3) is 0.350. The van der Waals surface area contributed by atoms with Gasteiger partial charge in [0.1, 0.15) is 0 Å². The molecule has 126 valence electrons. The van der Waals surface area contributed by atoms with Crippen LogP contribution in [0.5, 0.6) is 0 Å². The van der Waals surface area contributed by atoms with Gasteiger partial charge in [-0.25, -0.2) is 0 Å². The van der Waals surface area contributed by atoms with E-state index in [9.17, 15) is 4.79 Å². The van der Waals surface area contributed by atoms with E-state index in [1.54, 1.807) is 18.9 Å². The second-order valence-electron chi connectivity index (χ2n) is 6.14. The van der Waals surface area contributed by atoms with Gasteiger partial charge in [0, 0.05) is 18.6 Å². The molecule has 0 bridgehead atoms. The Balaban J connectivity index is 0.00000225. The minimum atomic E-state index is -0.357. The second-order valence-corrected chi connectivity index (χ2v) is 7.60. The quantitative estimate of drug-likeness (QED) is 0.679. The molecule has 1 atom stereocenters. The van der Waals surface area contributed by atoms with Gasteiger partial charge in [-0.3, -0.25) is 0 Å². The Hall–Kier alpha value is -1.18. The summed E-state index contributed by atoms with van der Waals surface area (Å²) in [6.45, 7) is 0.465. The van der Waals surface area contributed by atoms with Crippen LogP contribution in [0.3, 0.4) is 0 Å². The number of rotatable bonds is 8. The Kier molecular flexibility index (Phi) is 7.65. The van der Waals surface area contributed by atoms with Gasteiger partial charge in [0.05, 0.1) is 10.7 Å². The predicted molar refractivity (Wildman–Crippen MR) is 98.4 cm³/mol. The van der Waals surface area contributed by atoms with Crippen LogP contribution in [0.25, 0.3) is 5.32 Å². The molecule has 0 N–H and O–H groups in total. The van der Waals surface area contributed by atoms with E-state index >= 15 is 0 Å². The van der Waals surface area contributed by atoms with E-state index in [0.717, 1.165) is 24.2 Å². The van der Waals surface area contributed by atoms with Crippen molar-refractivity contribution in [2.45, 2.75) is 34.9 Å². The average molecular weight is 347 g/mol. The minimum Gasteiger partial charge on any atom is -0.647 e. The van der Waals surface area contributed by atoms with Crippen molar-refractivity contribution >= 4 is 17.7 Å². The SMILES string of the molecule is COC[C@H](Cc1ccccc1)[N-]C(=O)C1(Sc2ccccc2)CC1.[Li+]. The number of carbonyl (C=O) groups is 1. The number of nitrogens with zero attached hydrogens (tertiary/aromatic N) is 1. The summed E-state index contributed by atoms with van der Waals surface area (Å²) in [4.78, 5) is 13.9. The molecule has 0 spiro atoms. The topological polar surface area (TPSA) is 40.4 Å². The van der Waals surface area contributed by atoms with Crippen molar-refractivity contribution in [2.24, 2.45) is 0 Å². The average Bonchev–Trinajstić information content (AvgIpc) is 3.38. The number of hydrogen-bond acceptors (Lipinski definition) is 3. The molecule has 0 aromatic heterocycles. The van der Waals surface area contributed by atoms with Gasteiger partial charge in [-0.1, -0.05) is 54.6 Å². The monoisotopic (exact) mass is 347 g/mol. The van der Waals surface area contributed by atoms with Crippen LogP contribution in [0.15, 0.2) is 65.6 Å². The summed E-state index contributed by atoms with van der Waals surface area (Å²) in [5, 5.41) is 4.51. The molecule has 1 aliphatic carbocycles. The first kappa shape index (κ1) is 20.1. The Morgan fingerprint density at radius 1 is 1.12 bits per heavy atom. The molecule has 0 saturated heterocycles. The maximum absolute atomic E-state index is 12.8. The van der Waals surface area contributed by atoms with Crippen molar-refractivity contribution in [3.8, 4) is 0 Å². The fourth-order valence-corrected chi connectivity index (χ4v) is 3.88. The number of amides is 1. The van der Waals surface area contributed by atoms with Gasteiger partial charge in [0.2, 0.25) is 0 Å². The van der Waals surface area contributed by atoms with Crippen LogP contribution in [0.1, 0.15) is 18.4 Å². The van der Waals surface area contributed by atoms with Crippen LogP contribution in [-0.4, -0.2) is 30.4 Å². The van der Waals surface area contributed by atoms with E-state index < -0.39 is 0 Å². The zero-order valence-corrected chi connectivity index (χ0v) is 15.7. The van der Waals surface area contributed by atoms with Gasteiger partial charge in [-0.15, -0.1) is 11.8 Å². The summed E-state index contributed by atoms with van der Waals surface area (Å²) >= 11 is 1.65. The van der Waals surface area contributed by atoms with Crippen molar-refractivity contribution in [1.82, 2.24) is 0 Å². The third-order valence-electron chi connectivity index (χ3n) is 4.12. The maximum Gasteiger partial charge on any atom is 1.00 e. The standard InChI is InChI=1S/C20H23NO2S.Li/c1-23-15-17(14-16-8-4-2-5-9-16)21-19(22)20(12-13-20)24-18-10-6-3-7-11-18;/h2-11,17H,12-15H2,1H3,(H,21,22);/q;+1/p-1/t17-;/m0./s1. The van der Waals surface area contributed by atoms with E-state index in [0.29, 0.717) is 6.61 Å². The van der Waals surface area contributed by atoms with Crippen molar-refractivity contribution in [1.29, 1.82) is 0 Å². The molecule has 0 unspecified atom stereocenters. The molecule has 1 aliphatic rings. The molecule has 0 radical (unpaired) electrons. The molecule has 3 nitrogen and oxygen atoms in total. The van der Waals surface area contributed by atoms with E-state index in [4.69, 9.17) is 4.74 Å². The summed E-state index contributed by atoms with van der Waals surface area (Å²) in [6.07, 6.45) is 2.53. The first-order valence-corrected chi connectivity index (χ1v) is 9.06. The third-order valence-corrected chi connectivity index (χ3v) is 5.60. The second kappa shape index (κ2) is 9.50. The molecule has 1 saturated carbocycles. The van der Waals surface area contributed by atoms with Crippen LogP contribution >= 0.6 is 11.8 Å². The number of methoxy groups -OCH3 is 1. The minimum absolute atomic E-state index is 0. The van der Waals surface area contributed by atoms with Gasteiger partial charge < -0.3 is 14.8 Å². The number of carbonyl (C=O) groups excluding carboxylic acids is 1. The third kappa shape index (κ3) is 5.65. The van der Waals surface area contributed by atoms with Crippen LogP contribution in [0.4, 0.5) is 0 Å². The van der Waals surface area contributed by atoms with Crippen molar-refractivity contribution in [2.75, 3.05) is 13.7 Å². The van der Waals surface area contributed by atoms with Crippen molar-refractivity contribution in [3.05, 3.63) is 71.5 Å². The van der Waals surface area contributed by atoms with E-state index in [2.05, 4.69) is 29.6 Å². The molecule has 0 aliphatic heterocycles. The summed E-state index contributed by atoms with van der Waals surface area (Å²) in [6, 6.07) is 20.1. The molecule has 3 rings (SSSR count). The molecule has 1 fully saturated rings. The van der Waals surface area contributed by atoms with Crippen LogP contribution in [-0.2, 0) is 16.0 Å². The van der Waals surface area contributed by atoms with Gasteiger partial charge in [0.25, 0.3) is 0 Å². The normalized spacial score (nSPS) is 15.7. The van der Waals surface area contributed by atoms with Crippen LogP contribution < -0.4 is 18.9 Å². The molecule has 2 aromatic rings. The molecule has 0 heterocycles. The van der Waals surface area contributed by atoms with Gasteiger partial charge in [-0.2, -0.15) is 0 Å². The number of thioether (sulfide) groups is 1. The zero-order chi connectivity index (χ0) is 16.8. The van der Waals surface area contributed by atoms with Crippen molar-refractivity contribution < 1.29 is 28.4 Å². The van der Waals surface area contributed by atoms with Gasteiger partial charge in [0.15, 0.2) is 0 Å². The smallest absolute Gasteiger partial charge is 0.647 e. The molecule has 1 amide bonds. The number of benzene rings is 2. The Morgan fingerprint density at radius 2 is 1.72 bits per heavy atom. The van der Waals surface area contributed by atoms with E-state index in [-0.39, 0.29) is 35.6 Å². The molecule has 25 heavy (non-hydrogen) atoms. The molecular weight excluding hydrogens is 325 g/mol. The largest absolute Gasteiger partial charge is 1.00 e. The fourth-order valence-electron chi connectivity index (χ4n) is 2.69. The number of hydrogen-bond donors (Lipinski definition) is 0. The molecule has 2 aromatic carbocycles. The Bertz CT molecular complexity index is 662. The van der Waals surface area contributed by atoms with E-state index in [1.807, 2.05) is 36.4 Å². The number of ether oxygens (including phenoxy) is 1. The summed E-state index contributed by atoms with van der Waals surface area (Å²) in [5.74, 6) is 0.00864. The zero-order valence-electron chi connectivity index (χ0n) is 14.9. The Labute approximate surface area is 166 Å². The van der Waals surface area contributed by atoms with Crippen LogP contribution in [0.2, 0.25) is 0 Å². The predicted octanol–water partition coefficient (Wildman–Crippen LogP) is 1.47. The summed E-state index contributed by atoms with van der Waals surface area (Å²) in [5.41, 5.74) is 1.18. The molecule has 5 heteroatoms. The molecular formula is C20H22LiNO2S. The first-order valence-electron chi connectivity index (χ1n) is 8.24. The van der Waals surface area contributed by atoms with Crippen molar-refractivity contribution in [3.63, 3.8) is 0 Å². The first-order chi connectivity index (χ1) is 11.7. The van der Waals surface area contributed by atoms with Crippen LogP contribution in [0, 0.1) is 0 Å². The summed E-state index contributed by atoms with van der Waals surface area (Å²) < 4.78 is 4.92. The van der Waals surface area contributed by atoms with Gasteiger partial charge >= 0.3 is 18.9 Å².